The Labute approximate surface area is 133 Å². The van der Waals surface area contributed by atoms with Crippen molar-refractivity contribution >= 4 is 62.0 Å². The first-order valence-corrected chi connectivity index (χ1v) is 8.22. The van der Waals surface area contributed by atoms with Gasteiger partial charge in [-0.05, 0) is 31.2 Å². The van der Waals surface area contributed by atoms with Crippen molar-refractivity contribution in [3.63, 3.8) is 0 Å². The molecular formula is C12H9Cl3N4S. The van der Waals surface area contributed by atoms with Gasteiger partial charge in [0.2, 0.25) is 5.82 Å². The second-order valence-electron chi connectivity index (χ2n) is 4.84. The molecule has 0 saturated heterocycles. The lowest BCUT2D eigenvalue weighted by Gasteiger charge is -2.09. The van der Waals surface area contributed by atoms with E-state index in [9.17, 15) is 0 Å². The number of thiophene rings is 1. The maximum absolute atomic E-state index is 5.87. The molecule has 8 heteroatoms. The molecule has 3 aromatic heterocycles. The molecular weight excluding hydrogens is 339 g/mol. The first kappa shape index (κ1) is 13.1. The van der Waals surface area contributed by atoms with Crippen LogP contribution in [0.1, 0.15) is 29.1 Å². The number of hydrogen-bond acceptors (Lipinski definition) is 4. The van der Waals surface area contributed by atoms with E-state index in [2.05, 4.69) is 15.1 Å². The van der Waals surface area contributed by atoms with Gasteiger partial charge in [0.1, 0.15) is 11.2 Å². The van der Waals surface area contributed by atoms with Crippen molar-refractivity contribution in [3.8, 4) is 0 Å². The average Bonchev–Trinajstić information content (AvgIpc) is 2.98. The summed E-state index contributed by atoms with van der Waals surface area (Å²) in [5, 5.41) is 5.28. The minimum Gasteiger partial charge on any atom is -0.225 e. The SMILES string of the molecule is ClC(Cl)(Cl)c1nc2c3c4c(sc3ncn2n1)CCCC4. The van der Waals surface area contributed by atoms with E-state index >= 15 is 0 Å². The third kappa shape index (κ3) is 1.91. The van der Waals surface area contributed by atoms with Gasteiger partial charge in [0.15, 0.2) is 5.65 Å². The minimum absolute atomic E-state index is 0.188. The maximum Gasteiger partial charge on any atom is 0.252 e. The number of aryl methyl sites for hydroxylation is 2. The summed E-state index contributed by atoms with van der Waals surface area (Å²) in [5.74, 6) is 0.188. The highest BCUT2D eigenvalue weighted by molar-refractivity contribution is 7.19. The molecule has 104 valence electrons. The summed E-state index contributed by atoms with van der Waals surface area (Å²) in [5.41, 5.74) is 2.08. The zero-order chi connectivity index (χ0) is 13.9. The lowest BCUT2D eigenvalue weighted by Crippen LogP contribution is -2.03. The molecule has 0 N–H and O–H groups in total. The number of nitrogens with zero attached hydrogens (tertiary/aromatic N) is 4. The van der Waals surface area contributed by atoms with E-state index in [4.69, 9.17) is 34.8 Å². The highest BCUT2D eigenvalue weighted by atomic mass is 35.6. The Kier molecular flexibility index (Phi) is 2.90. The summed E-state index contributed by atoms with van der Waals surface area (Å²) in [7, 11) is 0. The molecule has 4 rings (SSSR count). The van der Waals surface area contributed by atoms with E-state index in [1.54, 1.807) is 22.2 Å². The monoisotopic (exact) mass is 346 g/mol. The van der Waals surface area contributed by atoms with Gasteiger partial charge >= 0.3 is 0 Å². The molecule has 0 aliphatic heterocycles. The van der Waals surface area contributed by atoms with Gasteiger partial charge in [-0.1, -0.05) is 34.8 Å². The van der Waals surface area contributed by atoms with Crippen LogP contribution in [0.3, 0.4) is 0 Å². The molecule has 0 spiro atoms. The van der Waals surface area contributed by atoms with Crippen LogP contribution in [0.4, 0.5) is 0 Å². The fourth-order valence-corrected chi connectivity index (χ4v) is 4.14. The molecule has 0 fully saturated rings. The second kappa shape index (κ2) is 4.44. The highest BCUT2D eigenvalue weighted by Gasteiger charge is 2.30. The molecule has 1 aliphatic carbocycles. The molecule has 0 atom stereocenters. The predicted octanol–water partition coefficient (Wildman–Crippen LogP) is 4.04. The Morgan fingerprint density at radius 1 is 1.20 bits per heavy atom. The molecule has 3 heterocycles. The average molecular weight is 348 g/mol. The number of halogens is 3. The second-order valence-corrected chi connectivity index (χ2v) is 8.20. The van der Waals surface area contributed by atoms with Crippen molar-refractivity contribution in [2.45, 2.75) is 29.5 Å². The van der Waals surface area contributed by atoms with Crippen molar-refractivity contribution < 1.29 is 0 Å². The highest BCUT2D eigenvalue weighted by Crippen LogP contribution is 2.39. The lowest BCUT2D eigenvalue weighted by atomic mass is 9.97. The Hall–Kier alpha value is -0.620. The van der Waals surface area contributed by atoms with Gasteiger partial charge in [0.05, 0.1) is 5.39 Å². The molecule has 4 nitrogen and oxygen atoms in total. The van der Waals surface area contributed by atoms with Crippen molar-refractivity contribution in [3.05, 3.63) is 22.6 Å². The lowest BCUT2D eigenvalue weighted by molar-refractivity contribution is 0.700. The fourth-order valence-electron chi connectivity index (χ4n) is 2.67. The summed E-state index contributed by atoms with van der Waals surface area (Å²) < 4.78 is -0.0183. The molecule has 3 aromatic rings. The van der Waals surface area contributed by atoms with Crippen molar-refractivity contribution in [2.75, 3.05) is 0 Å². The molecule has 0 amide bonds. The van der Waals surface area contributed by atoms with Crippen LogP contribution in [0.25, 0.3) is 15.9 Å². The number of rotatable bonds is 0. The number of aromatic nitrogens is 4. The smallest absolute Gasteiger partial charge is 0.225 e. The summed E-state index contributed by atoms with van der Waals surface area (Å²) in [6, 6.07) is 0. The van der Waals surface area contributed by atoms with Gasteiger partial charge in [-0.15, -0.1) is 16.4 Å². The molecule has 0 unspecified atom stereocenters. The first-order valence-electron chi connectivity index (χ1n) is 6.27. The Balaban J connectivity index is 2.07. The number of fused-ring (bicyclic) bond motifs is 5. The van der Waals surface area contributed by atoms with Crippen LogP contribution >= 0.6 is 46.1 Å². The van der Waals surface area contributed by atoms with Crippen LogP contribution < -0.4 is 0 Å². The summed E-state index contributed by atoms with van der Waals surface area (Å²) in [4.78, 5) is 11.3. The van der Waals surface area contributed by atoms with Gasteiger partial charge < -0.3 is 0 Å². The third-order valence-electron chi connectivity index (χ3n) is 3.55. The maximum atomic E-state index is 5.87. The number of hydrogen-bond donors (Lipinski definition) is 0. The van der Waals surface area contributed by atoms with Gasteiger partial charge in [0.25, 0.3) is 3.79 Å². The quantitative estimate of drug-likeness (QED) is 0.576. The van der Waals surface area contributed by atoms with E-state index in [-0.39, 0.29) is 5.82 Å². The van der Waals surface area contributed by atoms with Gasteiger partial charge in [-0.3, -0.25) is 0 Å². The standard InChI is InChI=1S/C12H9Cl3N4S/c13-12(14,15)11-17-9-8-6-3-1-2-4-7(6)20-10(8)16-5-19(9)18-11/h5H,1-4H2. The predicted molar refractivity (Wildman–Crippen MR) is 82.0 cm³/mol. The summed E-state index contributed by atoms with van der Waals surface area (Å²) in [6.07, 6.45) is 6.25. The van der Waals surface area contributed by atoms with E-state index in [0.29, 0.717) is 0 Å². The summed E-state index contributed by atoms with van der Waals surface area (Å²) >= 11 is 19.4. The zero-order valence-corrected chi connectivity index (χ0v) is 13.3. The Morgan fingerprint density at radius 2 is 2.00 bits per heavy atom. The van der Waals surface area contributed by atoms with Crippen LogP contribution in [-0.2, 0) is 16.6 Å². The van der Waals surface area contributed by atoms with Crippen LogP contribution in [0, 0.1) is 0 Å². The van der Waals surface area contributed by atoms with Crippen molar-refractivity contribution in [1.82, 2.24) is 19.6 Å². The third-order valence-corrected chi connectivity index (χ3v) is 5.25. The summed E-state index contributed by atoms with van der Waals surface area (Å²) in [6.45, 7) is 0. The molecule has 0 radical (unpaired) electrons. The molecule has 0 aromatic carbocycles. The largest absolute Gasteiger partial charge is 0.252 e. The molecule has 0 saturated carbocycles. The molecule has 0 bridgehead atoms. The van der Waals surface area contributed by atoms with Gasteiger partial charge in [-0.2, -0.15) is 0 Å². The van der Waals surface area contributed by atoms with Gasteiger partial charge in [0, 0.05) is 4.88 Å². The van der Waals surface area contributed by atoms with Crippen molar-refractivity contribution in [1.29, 1.82) is 0 Å². The van der Waals surface area contributed by atoms with Crippen LogP contribution in [0.2, 0.25) is 0 Å². The van der Waals surface area contributed by atoms with Crippen LogP contribution in [-0.4, -0.2) is 19.6 Å². The Morgan fingerprint density at radius 3 is 2.80 bits per heavy atom. The topological polar surface area (TPSA) is 43.1 Å². The van der Waals surface area contributed by atoms with E-state index in [0.717, 1.165) is 28.7 Å². The van der Waals surface area contributed by atoms with Crippen LogP contribution in [0.15, 0.2) is 6.33 Å². The fraction of sp³-hybridized carbons (Fsp3) is 0.417. The van der Waals surface area contributed by atoms with E-state index < -0.39 is 3.79 Å². The van der Waals surface area contributed by atoms with E-state index in [1.165, 1.54) is 23.3 Å². The Bertz CT molecular complexity index is 817. The zero-order valence-electron chi connectivity index (χ0n) is 10.2. The van der Waals surface area contributed by atoms with Crippen LogP contribution in [0.5, 0.6) is 0 Å². The van der Waals surface area contributed by atoms with Gasteiger partial charge in [-0.25, -0.2) is 14.5 Å². The number of alkyl halides is 3. The normalized spacial score (nSPS) is 15.9. The first-order chi connectivity index (χ1) is 9.54. The molecule has 1 aliphatic rings. The minimum atomic E-state index is -1.62. The van der Waals surface area contributed by atoms with Crippen molar-refractivity contribution in [2.24, 2.45) is 0 Å². The van der Waals surface area contributed by atoms with E-state index in [1.807, 2.05) is 0 Å². The molecule has 20 heavy (non-hydrogen) atoms.